The summed E-state index contributed by atoms with van der Waals surface area (Å²) in [5, 5.41) is 0. The Hall–Kier alpha value is -0.880. The van der Waals surface area contributed by atoms with Crippen LogP contribution in [-0.4, -0.2) is 35.1 Å². The highest BCUT2D eigenvalue weighted by Crippen LogP contribution is 2.36. The molecule has 0 amide bonds. The van der Waals surface area contributed by atoms with Crippen LogP contribution < -0.4 is 0 Å². The molecule has 0 aliphatic heterocycles. The summed E-state index contributed by atoms with van der Waals surface area (Å²) in [5.74, 6) is -0.380. The van der Waals surface area contributed by atoms with Crippen LogP contribution in [0.25, 0.3) is 0 Å². The standard InChI is InChI=1S/C39H77O7P/c1-3-5-7-9-11-13-15-17-19-20-21-22-24-26-28-30-32-34-39(40)46-38(37-45-47(41,42)43)36-44-35-33-31-29-27-25-23-18-16-14-12-10-8-6-4-2/h33,35,38H,3-32,34,36-37H2,1-2H3,(H2,41,42,43)/b35-33-/t38-/m1/s1. The molecule has 0 fully saturated rings. The van der Waals surface area contributed by atoms with Gasteiger partial charge in [0.2, 0.25) is 0 Å². The number of ether oxygens (including phenoxy) is 2. The van der Waals surface area contributed by atoms with E-state index in [0.29, 0.717) is 6.42 Å². The highest BCUT2D eigenvalue weighted by atomic mass is 31.2. The van der Waals surface area contributed by atoms with Gasteiger partial charge in [0.05, 0.1) is 12.9 Å². The van der Waals surface area contributed by atoms with Crippen LogP contribution in [0.1, 0.15) is 213 Å². The minimum absolute atomic E-state index is 0.000266. The average Bonchev–Trinajstić information content (AvgIpc) is 3.04. The van der Waals surface area contributed by atoms with Crippen molar-refractivity contribution in [3.8, 4) is 0 Å². The highest BCUT2D eigenvalue weighted by molar-refractivity contribution is 7.46. The van der Waals surface area contributed by atoms with Gasteiger partial charge < -0.3 is 19.3 Å². The Morgan fingerprint density at radius 2 is 0.915 bits per heavy atom. The van der Waals surface area contributed by atoms with Gasteiger partial charge in [-0.1, -0.05) is 187 Å². The summed E-state index contributed by atoms with van der Waals surface area (Å²) >= 11 is 0. The summed E-state index contributed by atoms with van der Waals surface area (Å²) < 4.78 is 26.7. The third-order valence-corrected chi connectivity index (χ3v) is 9.40. The number of hydrogen-bond acceptors (Lipinski definition) is 5. The lowest BCUT2D eigenvalue weighted by Gasteiger charge is -2.18. The van der Waals surface area contributed by atoms with Gasteiger partial charge in [-0.2, -0.15) is 0 Å². The van der Waals surface area contributed by atoms with Gasteiger partial charge in [-0.3, -0.25) is 9.32 Å². The number of carbonyl (C=O) groups excluding carboxylic acids is 1. The molecule has 0 aliphatic rings. The average molecular weight is 689 g/mol. The molecule has 7 nitrogen and oxygen atoms in total. The predicted octanol–water partition coefficient (Wildman–Crippen LogP) is 12.7. The molecule has 0 bridgehead atoms. The molecular formula is C39H77O7P. The van der Waals surface area contributed by atoms with E-state index in [4.69, 9.17) is 19.3 Å². The highest BCUT2D eigenvalue weighted by Gasteiger charge is 2.21. The molecule has 0 rings (SSSR count). The Morgan fingerprint density at radius 3 is 1.30 bits per heavy atom. The van der Waals surface area contributed by atoms with Crippen molar-refractivity contribution in [2.75, 3.05) is 13.2 Å². The maximum atomic E-state index is 12.4. The second kappa shape index (κ2) is 36.4. The minimum Gasteiger partial charge on any atom is -0.498 e. The van der Waals surface area contributed by atoms with Crippen LogP contribution in [0.4, 0.5) is 0 Å². The summed E-state index contributed by atoms with van der Waals surface area (Å²) in [6, 6.07) is 0. The number of rotatable bonds is 38. The van der Waals surface area contributed by atoms with E-state index in [9.17, 15) is 9.36 Å². The van der Waals surface area contributed by atoms with Crippen LogP contribution in [0.5, 0.6) is 0 Å². The van der Waals surface area contributed by atoms with Crippen LogP contribution in [-0.2, 0) is 23.4 Å². The molecular weight excluding hydrogens is 611 g/mol. The van der Waals surface area contributed by atoms with Crippen molar-refractivity contribution in [2.45, 2.75) is 219 Å². The molecule has 8 heteroatoms. The molecule has 0 saturated carbocycles. The van der Waals surface area contributed by atoms with Gasteiger partial charge in [-0.15, -0.1) is 0 Å². The first-order valence-corrected chi connectivity index (χ1v) is 21.6. The van der Waals surface area contributed by atoms with E-state index in [-0.39, 0.29) is 12.6 Å². The molecule has 2 N–H and O–H groups in total. The zero-order valence-electron chi connectivity index (χ0n) is 30.9. The first kappa shape index (κ1) is 46.1. The molecule has 0 spiro atoms. The van der Waals surface area contributed by atoms with Gasteiger partial charge in [-0.25, -0.2) is 4.57 Å². The SMILES string of the molecule is CCCCCCCCCCCCCC/C=C\OC[C@H](COP(=O)(O)O)OC(=O)CCCCCCCCCCCCCCCCCCC. The number of esters is 1. The number of hydrogen-bond donors (Lipinski definition) is 2. The fourth-order valence-electron chi connectivity index (χ4n) is 5.94. The van der Waals surface area contributed by atoms with Crippen molar-refractivity contribution in [1.29, 1.82) is 0 Å². The third kappa shape index (κ3) is 39.4. The minimum atomic E-state index is -4.66. The Balaban J connectivity index is 3.82. The van der Waals surface area contributed by atoms with Crippen LogP contribution >= 0.6 is 7.82 Å². The van der Waals surface area contributed by atoms with Crippen molar-refractivity contribution >= 4 is 13.8 Å². The zero-order chi connectivity index (χ0) is 34.5. The molecule has 280 valence electrons. The number of phosphoric acid groups is 1. The first-order valence-electron chi connectivity index (χ1n) is 20.0. The molecule has 0 aliphatic carbocycles. The number of allylic oxidation sites excluding steroid dienone is 1. The molecule has 0 radical (unpaired) electrons. The smallest absolute Gasteiger partial charge is 0.469 e. The number of unbranched alkanes of at least 4 members (excludes halogenated alkanes) is 28. The van der Waals surface area contributed by atoms with Crippen molar-refractivity contribution in [3.05, 3.63) is 12.3 Å². The van der Waals surface area contributed by atoms with Gasteiger partial charge in [-0.05, 0) is 25.3 Å². The van der Waals surface area contributed by atoms with Crippen molar-refractivity contribution < 1.29 is 33.1 Å². The fraction of sp³-hybridized carbons (Fsp3) is 0.923. The summed E-state index contributed by atoms with van der Waals surface area (Å²) in [6.07, 6.45) is 41.5. The molecule has 0 aromatic heterocycles. The molecule has 0 aromatic rings. The zero-order valence-corrected chi connectivity index (χ0v) is 31.8. The lowest BCUT2D eigenvalue weighted by molar-refractivity contribution is -0.153. The quantitative estimate of drug-likeness (QED) is 0.0288. The molecule has 0 aromatic carbocycles. The maximum Gasteiger partial charge on any atom is 0.469 e. The first-order chi connectivity index (χ1) is 22.9. The second-order valence-corrected chi connectivity index (χ2v) is 14.9. The summed E-state index contributed by atoms with van der Waals surface area (Å²) in [5.41, 5.74) is 0. The normalized spacial score (nSPS) is 12.6. The maximum absolute atomic E-state index is 12.4. The number of phosphoric ester groups is 1. The van der Waals surface area contributed by atoms with Crippen molar-refractivity contribution in [3.63, 3.8) is 0 Å². The Morgan fingerprint density at radius 1 is 0.553 bits per heavy atom. The van der Waals surface area contributed by atoms with Crippen molar-refractivity contribution in [1.82, 2.24) is 0 Å². The van der Waals surface area contributed by atoms with E-state index in [0.717, 1.165) is 32.1 Å². The van der Waals surface area contributed by atoms with Crippen LogP contribution in [0.2, 0.25) is 0 Å². The Labute approximate surface area is 291 Å². The third-order valence-electron chi connectivity index (χ3n) is 8.91. The summed E-state index contributed by atoms with van der Waals surface area (Å²) in [6.45, 7) is 4.13. The monoisotopic (exact) mass is 689 g/mol. The number of carbonyl (C=O) groups is 1. The van der Waals surface area contributed by atoms with E-state index in [2.05, 4.69) is 18.4 Å². The topological polar surface area (TPSA) is 102 Å². The lowest BCUT2D eigenvalue weighted by atomic mass is 10.0. The second-order valence-electron chi connectivity index (χ2n) is 13.7. The largest absolute Gasteiger partial charge is 0.498 e. The van der Waals surface area contributed by atoms with Crippen LogP contribution in [0.15, 0.2) is 12.3 Å². The van der Waals surface area contributed by atoms with Gasteiger partial charge >= 0.3 is 13.8 Å². The van der Waals surface area contributed by atoms with E-state index >= 15 is 0 Å². The lowest BCUT2D eigenvalue weighted by Crippen LogP contribution is -2.27. The molecule has 0 heterocycles. The summed E-state index contributed by atoms with van der Waals surface area (Å²) in [4.78, 5) is 30.5. The predicted molar refractivity (Wildman–Crippen MR) is 197 cm³/mol. The van der Waals surface area contributed by atoms with Crippen LogP contribution in [0, 0.1) is 0 Å². The van der Waals surface area contributed by atoms with Gasteiger partial charge in [0, 0.05) is 6.42 Å². The van der Waals surface area contributed by atoms with E-state index in [1.807, 2.05) is 6.08 Å². The van der Waals surface area contributed by atoms with E-state index in [1.54, 1.807) is 6.26 Å². The molecule has 0 unspecified atom stereocenters. The van der Waals surface area contributed by atoms with Gasteiger partial charge in [0.15, 0.2) is 6.10 Å². The Kier molecular flexibility index (Phi) is 35.7. The Bertz CT molecular complexity index is 724. The molecule has 47 heavy (non-hydrogen) atoms. The van der Waals surface area contributed by atoms with Crippen LogP contribution in [0.3, 0.4) is 0 Å². The van der Waals surface area contributed by atoms with Gasteiger partial charge in [0.1, 0.15) is 6.61 Å². The summed E-state index contributed by atoms with van der Waals surface area (Å²) in [7, 11) is -4.66. The van der Waals surface area contributed by atoms with E-state index in [1.165, 1.54) is 161 Å². The molecule has 1 atom stereocenters. The van der Waals surface area contributed by atoms with E-state index < -0.39 is 20.5 Å². The fourth-order valence-corrected chi connectivity index (χ4v) is 6.30. The van der Waals surface area contributed by atoms with Crippen molar-refractivity contribution in [2.24, 2.45) is 0 Å². The van der Waals surface area contributed by atoms with Gasteiger partial charge in [0.25, 0.3) is 0 Å². The molecule has 0 saturated heterocycles.